The summed E-state index contributed by atoms with van der Waals surface area (Å²) in [6, 6.07) is 8.28. The van der Waals surface area contributed by atoms with E-state index in [0.717, 1.165) is 6.07 Å². The number of alkyl halides is 3. The Hall–Kier alpha value is -2.55. The Bertz CT molecular complexity index is 675. The second-order valence-electron chi connectivity index (χ2n) is 3.94. The van der Waals surface area contributed by atoms with Crippen LogP contribution >= 0.6 is 0 Å². The van der Waals surface area contributed by atoms with E-state index in [0.29, 0.717) is 0 Å². The molecule has 0 saturated carbocycles. The molecular weight excluding hydrogens is 269 g/mol. The molecule has 0 N–H and O–H groups in total. The molecular formula is C14H9F3N2O. The molecule has 0 unspecified atom stereocenters. The molecule has 0 aliphatic heterocycles. The van der Waals surface area contributed by atoms with Crippen LogP contribution in [-0.2, 0) is 6.18 Å². The zero-order valence-corrected chi connectivity index (χ0v) is 10.4. The summed E-state index contributed by atoms with van der Waals surface area (Å²) in [5, 5.41) is 8.85. The fourth-order valence-corrected chi connectivity index (χ4v) is 1.83. The lowest BCUT2D eigenvalue weighted by Crippen LogP contribution is -2.07. The highest BCUT2D eigenvalue weighted by molar-refractivity contribution is 5.73. The molecule has 0 aliphatic rings. The lowest BCUT2D eigenvalue weighted by molar-refractivity contribution is -0.137. The molecule has 6 heteroatoms. The Kier molecular flexibility index (Phi) is 3.61. The van der Waals surface area contributed by atoms with Crippen LogP contribution in [0.3, 0.4) is 0 Å². The second-order valence-corrected chi connectivity index (χ2v) is 3.94. The maximum absolute atomic E-state index is 13.0. The molecule has 0 radical (unpaired) electrons. The number of nitriles is 1. The number of hydrogen-bond acceptors (Lipinski definition) is 3. The molecule has 3 nitrogen and oxygen atoms in total. The molecule has 0 fully saturated rings. The van der Waals surface area contributed by atoms with Gasteiger partial charge in [0.25, 0.3) is 0 Å². The average molecular weight is 278 g/mol. The van der Waals surface area contributed by atoms with E-state index in [2.05, 4.69) is 4.98 Å². The largest absolute Gasteiger partial charge is 0.481 e. The van der Waals surface area contributed by atoms with E-state index in [9.17, 15) is 13.2 Å². The Morgan fingerprint density at radius 1 is 1.20 bits per heavy atom. The first kappa shape index (κ1) is 13.9. The Balaban J connectivity index is 2.72. The minimum atomic E-state index is -4.50. The van der Waals surface area contributed by atoms with Crippen molar-refractivity contribution >= 4 is 0 Å². The number of ether oxygens (including phenoxy) is 1. The van der Waals surface area contributed by atoms with Crippen LogP contribution in [0.15, 0.2) is 36.5 Å². The summed E-state index contributed by atoms with van der Waals surface area (Å²) in [5.74, 6) is 0.0423. The van der Waals surface area contributed by atoms with Gasteiger partial charge in [-0.15, -0.1) is 0 Å². The molecule has 20 heavy (non-hydrogen) atoms. The molecule has 1 aromatic heterocycles. The Morgan fingerprint density at radius 3 is 2.50 bits per heavy atom. The third-order valence-electron chi connectivity index (χ3n) is 2.70. The van der Waals surface area contributed by atoms with Crippen LogP contribution in [0.25, 0.3) is 11.1 Å². The number of halogens is 3. The first-order valence-corrected chi connectivity index (χ1v) is 5.58. The van der Waals surface area contributed by atoms with Gasteiger partial charge in [0.2, 0.25) is 5.88 Å². The summed E-state index contributed by atoms with van der Waals surface area (Å²) < 4.78 is 44.1. The van der Waals surface area contributed by atoms with E-state index in [4.69, 9.17) is 10.00 Å². The van der Waals surface area contributed by atoms with Crippen LogP contribution in [-0.4, -0.2) is 12.1 Å². The van der Waals surface area contributed by atoms with E-state index in [-0.39, 0.29) is 22.6 Å². The maximum Gasteiger partial charge on any atom is 0.417 e. The summed E-state index contributed by atoms with van der Waals surface area (Å²) in [5.41, 5.74) is -0.561. The molecule has 102 valence electrons. The molecule has 0 bridgehead atoms. The van der Waals surface area contributed by atoms with E-state index in [1.807, 2.05) is 6.07 Å². The molecule has 0 amide bonds. The lowest BCUT2D eigenvalue weighted by atomic mass is 9.99. The third kappa shape index (κ3) is 2.57. The molecule has 0 spiro atoms. The van der Waals surface area contributed by atoms with Crippen molar-refractivity contribution in [1.82, 2.24) is 4.98 Å². The molecule has 0 atom stereocenters. The maximum atomic E-state index is 13.0. The summed E-state index contributed by atoms with van der Waals surface area (Å²) in [6.07, 6.45) is -3.25. The number of nitrogens with zero attached hydrogens (tertiary/aromatic N) is 2. The molecule has 2 aromatic rings. The van der Waals surface area contributed by atoms with Crippen molar-refractivity contribution in [2.45, 2.75) is 6.18 Å². The quantitative estimate of drug-likeness (QED) is 0.842. The SMILES string of the molecule is COc1ncc(C#N)cc1-c1ccccc1C(F)(F)F. The van der Waals surface area contributed by atoms with Crippen LogP contribution in [0.5, 0.6) is 5.88 Å². The van der Waals surface area contributed by atoms with E-state index in [1.165, 1.54) is 37.6 Å². The number of aromatic nitrogens is 1. The minimum absolute atomic E-state index is 0.0423. The van der Waals surface area contributed by atoms with Gasteiger partial charge in [0.05, 0.1) is 18.2 Å². The van der Waals surface area contributed by atoms with Crippen molar-refractivity contribution in [1.29, 1.82) is 5.26 Å². The third-order valence-corrected chi connectivity index (χ3v) is 2.70. The minimum Gasteiger partial charge on any atom is -0.481 e. The highest BCUT2D eigenvalue weighted by atomic mass is 19.4. The number of hydrogen-bond donors (Lipinski definition) is 0. The monoisotopic (exact) mass is 278 g/mol. The zero-order valence-electron chi connectivity index (χ0n) is 10.4. The van der Waals surface area contributed by atoms with Crippen LogP contribution < -0.4 is 4.74 Å². The van der Waals surface area contributed by atoms with Gasteiger partial charge in [0.15, 0.2) is 0 Å². The smallest absolute Gasteiger partial charge is 0.417 e. The van der Waals surface area contributed by atoms with Crippen molar-refractivity contribution < 1.29 is 17.9 Å². The zero-order chi connectivity index (χ0) is 14.8. The van der Waals surface area contributed by atoms with Gasteiger partial charge in [-0.05, 0) is 17.7 Å². The molecule has 1 heterocycles. The highest BCUT2D eigenvalue weighted by Crippen LogP contribution is 2.39. The van der Waals surface area contributed by atoms with Crippen molar-refractivity contribution in [3.8, 4) is 23.1 Å². The number of rotatable bonds is 2. The molecule has 2 rings (SSSR count). The van der Waals surface area contributed by atoms with Crippen molar-refractivity contribution in [2.24, 2.45) is 0 Å². The van der Waals surface area contributed by atoms with E-state index in [1.54, 1.807) is 0 Å². The Morgan fingerprint density at radius 2 is 1.90 bits per heavy atom. The summed E-state index contributed by atoms with van der Waals surface area (Å²) in [7, 11) is 1.31. The second kappa shape index (κ2) is 5.21. The molecule has 0 saturated heterocycles. The van der Waals surface area contributed by atoms with Crippen LogP contribution in [0.4, 0.5) is 13.2 Å². The van der Waals surface area contributed by atoms with Crippen molar-refractivity contribution in [3.63, 3.8) is 0 Å². The number of benzene rings is 1. The molecule has 0 aliphatic carbocycles. The first-order chi connectivity index (χ1) is 9.47. The van der Waals surface area contributed by atoms with Gasteiger partial charge in [-0.1, -0.05) is 18.2 Å². The fraction of sp³-hybridized carbons (Fsp3) is 0.143. The van der Waals surface area contributed by atoms with Gasteiger partial charge in [-0.3, -0.25) is 0 Å². The molecule has 1 aromatic carbocycles. The van der Waals surface area contributed by atoms with Gasteiger partial charge >= 0.3 is 6.18 Å². The van der Waals surface area contributed by atoms with Crippen LogP contribution in [0, 0.1) is 11.3 Å². The standard InChI is InChI=1S/C14H9F3N2O/c1-20-13-11(6-9(7-18)8-19-13)10-4-2-3-5-12(10)14(15,16)17/h2-6,8H,1H3. The topological polar surface area (TPSA) is 45.9 Å². The van der Waals surface area contributed by atoms with Crippen molar-refractivity contribution in [2.75, 3.05) is 7.11 Å². The summed E-state index contributed by atoms with van der Waals surface area (Å²) >= 11 is 0. The first-order valence-electron chi connectivity index (χ1n) is 5.58. The normalized spacial score (nSPS) is 10.9. The number of methoxy groups -OCH3 is 1. The highest BCUT2D eigenvalue weighted by Gasteiger charge is 2.34. The lowest BCUT2D eigenvalue weighted by Gasteiger charge is -2.14. The van der Waals surface area contributed by atoms with Gasteiger partial charge in [-0.25, -0.2) is 4.98 Å². The Labute approximate surface area is 113 Å². The van der Waals surface area contributed by atoms with Crippen molar-refractivity contribution in [3.05, 3.63) is 47.7 Å². The summed E-state index contributed by atoms with van der Waals surface area (Å²) in [4.78, 5) is 3.86. The van der Waals surface area contributed by atoms with Gasteiger partial charge < -0.3 is 4.74 Å². The van der Waals surface area contributed by atoms with Crippen LogP contribution in [0.1, 0.15) is 11.1 Å². The fourth-order valence-electron chi connectivity index (χ4n) is 1.83. The predicted molar refractivity (Wildman–Crippen MR) is 65.9 cm³/mol. The average Bonchev–Trinajstić information content (AvgIpc) is 2.45. The van der Waals surface area contributed by atoms with E-state index >= 15 is 0 Å². The number of pyridine rings is 1. The van der Waals surface area contributed by atoms with Gasteiger partial charge in [-0.2, -0.15) is 18.4 Å². The van der Waals surface area contributed by atoms with E-state index < -0.39 is 11.7 Å². The van der Waals surface area contributed by atoms with Gasteiger partial charge in [0.1, 0.15) is 6.07 Å². The van der Waals surface area contributed by atoms with Crippen LogP contribution in [0.2, 0.25) is 0 Å². The van der Waals surface area contributed by atoms with Gasteiger partial charge in [0, 0.05) is 11.8 Å². The summed E-state index contributed by atoms with van der Waals surface area (Å²) in [6.45, 7) is 0. The predicted octanol–water partition coefficient (Wildman–Crippen LogP) is 3.65.